The molecule has 0 radical (unpaired) electrons. The number of nitrogens with one attached hydrogen (secondary N) is 3. The van der Waals surface area contributed by atoms with Gasteiger partial charge in [0, 0.05) is 11.3 Å². The van der Waals surface area contributed by atoms with Crippen molar-refractivity contribution in [1.82, 2.24) is 0 Å². The number of carbonyl (C=O) groups is 1. The van der Waals surface area contributed by atoms with Gasteiger partial charge in [0.05, 0.1) is 26.3 Å². The van der Waals surface area contributed by atoms with Gasteiger partial charge in [0.15, 0.2) is 6.54 Å². The Labute approximate surface area is 151 Å². The van der Waals surface area contributed by atoms with Crippen LogP contribution in [0.2, 0.25) is 0 Å². The molecule has 2 fully saturated rings. The summed E-state index contributed by atoms with van der Waals surface area (Å²) in [6.07, 6.45) is 6.50. The Balaban J connectivity index is 1.44. The van der Waals surface area contributed by atoms with Crippen molar-refractivity contribution in [1.29, 1.82) is 0 Å². The van der Waals surface area contributed by atoms with E-state index in [9.17, 15) is 4.79 Å². The van der Waals surface area contributed by atoms with E-state index in [2.05, 4.69) is 17.4 Å². The van der Waals surface area contributed by atoms with Gasteiger partial charge in [-0.2, -0.15) is 0 Å². The number of amides is 1. The van der Waals surface area contributed by atoms with Gasteiger partial charge in [-0.15, -0.1) is 0 Å². The summed E-state index contributed by atoms with van der Waals surface area (Å²) in [6.45, 7) is 7.79. The van der Waals surface area contributed by atoms with Gasteiger partial charge >= 0.3 is 0 Å². The second kappa shape index (κ2) is 9.90. The van der Waals surface area contributed by atoms with Crippen molar-refractivity contribution >= 4 is 11.6 Å². The van der Waals surface area contributed by atoms with Gasteiger partial charge < -0.3 is 19.9 Å². The molecule has 0 unspecified atom stereocenters. The molecule has 0 bridgehead atoms. The maximum Gasteiger partial charge on any atom is 0.279 e. The van der Waals surface area contributed by atoms with Gasteiger partial charge in [-0.1, -0.05) is 18.6 Å². The lowest BCUT2D eigenvalue weighted by atomic mass is 10.1. The number of morpholine rings is 1. The molecule has 0 spiro atoms. The van der Waals surface area contributed by atoms with E-state index in [1.165, 1.54) is 42.6 Å². The molecule has 0 atom stereocenters. The zero-order chi connectivity index (χ0) is 17.3. The lowest BCUT2D eigenvalue weighted by molar-refractivity contribution is -0.921. The highest BCUT2D eigenvalue weighted by molar-refractivity contribution is 5.91. The summed E-state index contributed by atoms with van der Waals surface area (Å²) in [6, 6.07) is 8.36. The minimum absolute atomic E-state index is 0.141. The average Bonchev–Trinajstić information content (AvgIpc) is 2.60. The molecule has 2 heterocycles. The molecule has 138 valence electrons. The van der Waals surface area contributed by atoms with Gasteiger partial charge in [-0.05, 0) is 37.8 Å². The van der Waals surface area contributed by atoms with E-state index in [1.54, 1.807) is 4.90 Å². The third-order valence-corrected chi connectivity index (χ3v) is 5.36. The molecule has 3 N–H and O–H groups in total. The Morgan fingerprint density at radius 2 is 1.52 bits per heavy atom. The molecular formula is C20H33N3O2+2. The molecule has 2 aliphatic rings. The van der Waals surface area contributed by atoms with Crippen LogP contribution in [0.5, 0.6) is 0 Å². The van der Waals surface area contributed by atoms with E-state index in [-0.39, 0.29) is 5.91 Å². The number of quaternary nitrogens is 2. The van der Waals surface area contributed by atoms with Crippen LogP contribution in [0.15, 0.2) is 24.3 Å². The molecule has 0 saturated carbocycles. The van der Waals surface area contributed by atoms with Crippen molar-refractivity contribution < 1.29 is 19.3 Å². The molecule has 2 saturated heterocycles. The van der Waals surface area contributed by atoms with Crippen LogP contribution >= 0.6 is 0 Å². The Kier molecular flexibility index (Phi) is 7.27. The van der Waals surface area contributed by atoms with Crippen molar-refractivity contribution in [2.24, 2.45) is 0 Å². The Hall–Kier alpha value is -1.43. The molecule has 3 rings (SSSR count). The number of benzene rings is 1. The minimum Gasteiger partial charge on any atom is -0.370 e. The standard InChI is InChI=1S/C20H31N3O2/c24-20(17-22-10-4-2-1-3-5-11-22)21-19-8-6-18(7-9-19)16-23-12-14-25-15-13-23/h6-9H,1-5,10-17H2,(H,21,24)/p+2. The van der Waals surface area contributed by atoms with Gasteiger partial charge in [0.1, 0.15) is 19.6 Å². The molecule has 1 amide bonds. The second-order valence-electron chi connectivity index (χ2n) is 7.48. The Morgan fingerprint density at radius 3 is 2.20 bits per heavy atom. The van der Waals surface area contributed by atoms with Gasteiger partial charge in [-0.3, -0.25) is 4.79 Å². The quantitative estimate of drug-likeness (QED) is 0.696. The largest absolute Gasteiger partial charge is 0.370 e. The van der Waals surface area contributed by atoms with Gasteiger partial charge in [0.2, 0.25) is 0 Å². The van der Waals surface area contributed by atoms with Crippen LogP contribution in [0, 0.1) is 0 Å². The van der Waals surface area contributed by atoms with Crippen LogP contribution in [-0.2, 0) is 16.1 Å². The third kappa shape index (κ3) is 6.42. The number of hydrogen-bond donors (Lipinski definition) is 3. The van der Waals surface area contributed by atoms with Crippen LogP contribution in [-0.4, -0.2) is 51.8 Å². The highest BCUT2D eigenvalue weighted by Crippen LogP contribution is 2.09. The number of ether oxygens (including phenoxy) is 1. The van der Waals surface area contributed by atoms with Gasteiger partial charge in [-0.25, -0.2) is 0 Å². The lowest BCUT2D eigenvalue weighted by Gasteiger charge is -2.23. The topological polar surface area (TPSA) is 47.2 Å². The number of likely N-dealkylation sites (tertiary alicyclic amines) is 1. The summed E-state index contributed by atoms with van der Waals surface area (Å²) in [5, 5.41) is 3.07. The lowest BCUT2D eigenvalue weighted by Crippen LogP contribution is -3.13. The molecule has 1 aromatic rings. The number of rotatable bonds is 5. The van der Waals surface area contributed by atoms with E-state index in [0.717, 1.165) is 51.6 Å². The Morgan fingerprint density at radius 1 is 0.880 bits per heavy atom. The first kappa shape index (κ1) is 18.4. The fourth-order valence-electron chi connectivity index (χ4n) is 3.85. The van der Waals surface area contributed by atoms with E-state index in [4.69, 9.17) is 4.74 Å². The SMILES string of the molecule is O=C(C[NH+]1CCCCCCC1)Nc1ccc(C[NH+]2CCOCC2)cc1. The Bertz CT molecular complexity index is 518. The molecular weight excluding hydrogens is 314 g/mol. The summed E-state index contributed by atoms with van der Waals surface area (Å²) in [7, 11) is 0. The summed E-state index contributed by atoms with van der Waals surface area (Å²) < 4.78 is 5.41. The molecule has 25 heavy (non-hydrogen) atoms. The first-order chi connectivity index (χ1) is 12.3. The molecule has 0 aromatic heterocycles. The maximum atomic E-state index is 12.3. The molecule has 5 nitrogen and oxygen atoms in total. The van der Waals surface area contributed by atoms with Crippen LogP contribution < -0.4 is 15.1 Å². The van der Waals surface area contributed by atoms with Crippen LogP contribution in [0.25, 0.3) is 0 Å². The van der Waals surface area contributed by atoms with E-state index in [0.29, 0.717) is 6.54 Å². The van der Waals surface area contributed by atoms with E-state index in [1.807, 2.05) is 12.1 Å². The summed E-state index contributed by atoms with van der Waals surface area (Å²) >= 11 is 0. The van der Waals surface area contributed by atoms with Crippen LogP contribution in [0.4, 0.5) is 5.69 Å². The molecule has 5 heteroatoms. The van der Waals surface area contributed by atoms with Crippen molar-refractivity contribution in [3.8, 4) is 0 Å². The number of hydrogen-bond acceptors (Lipinski definition) is 2. The zero-order valence-electron chi connectivity index (χ0n) is 15.3. The van der Waals surface area contributed by atoms with Crippen LogP contribution in [0.3, 0.4) is 0 Å². The van der Waals surface area contributed by atoms with Crippen molar-refractivity contribution in [3.63, 3.8) is 0 Å². The van der Waals surface area contributed by atoms with Crippen molar-refractivity contribution in [3.05, 3.63) is 29.8 Å². The highest BCUT2D eigenvalue weighted by atomic mass is 16.5. The fourth-order valence-corrected chi connectivity index (χ4v) is 3.85. The first-order valence-corrected chi connectivity index (χ1v) is 9.93. The molecule has 0 aliphatic carbocycles. The summed E-state index contributed by atoms with van der Waals surface area (Å²) in [5.41, 5.74) is 2.24. The summed E-state index contributed by atoms with van der Waals surface area (Å²) in [5.74, 6) is 0.141. The highest BCUT2D eigenvalue weighted by Gasteiger charge is 2.16. The second-order valence-corrected chi connectivity index (χ2v) is 7.48. The molecule has 1 aromatic carbocycles. The van der Waals surface area contributed by atoms with Crippen molar-refractivity contribution in [2.45, 2.75) is 38.6 Å². The van der Waals surface area contributed by atoms with Crippen molar-refractivity contribution in [2.75, 3.05) is 51.3 Å². The predicted molar refractivity (Wildman–Crippen MR) is 98.9 cm³/mol. The maximum absolute atomic E-state index is 12.3. The normalized spacial score (nSPS) is 20.6. The van der Waals surface area contributed by atoms with E-state index < -0.39 is 0 Å². The smallest absolute Gasteiger partial charge is 0.279 e. The van der Waals surface area contributed by atoms with Gasteiger partial charge in [0.25, 0.3) is 5.91 Å². The number of anilines is 1. The number of carbonyl (C=O) groups excluding carboxylic acids is 1. The predicted octanol–water partition coefficient (Wildman–Crippen LogP) is -0.111. The van der Waals surface area contributed by atoms with E-state index >= 15 is 0 Å². The zero-order valence-corrected chi connectivity index (χ0v) is 15.3. The molecule has 2 aliphatic heterocycles. The average molecular weight is 348 g/mol. The fraction of sp³-hybridized carbons (Fsp3) is 0.650. The van der Waals surface area contributed by atoms with Crippen LogP contribution in [0.1, 0.15) is 37.7 Å². The monoisotopic (exact) mass is 347 g/mol. The summed E-state index contributed by atoms with van der Waals surface area (Å²) in [4.78, 5) is 15.3. The first-order valence-electron chi connectivity index (χ1n) is 9.93. The third-order valence-electron chi connectivity index (χ3n) is 5.36. The minimum atomic E-state index is 0.141.